The summed E-state index contributed by atoms with van der Waals surface area (Å²) >= 11 is 5.46. The Morgan fingerprint density at radius 1 is 1.78 bits per heavy atom. The van der Waals surface area contributed by atoms with Crippen molar-refractivity contribution in [2.75, 3.05) is 0 Å². The quantitative estimate of drug-likeness (QED) is 0.579. The number of rotatable bonds is 3. The summed E-state index contributed by atoms with van der Waals surface area (Å²) in [7, 11) is 0. The Balaban J connectivity index is 3.20. The van der Waals surface area contributed by atoms with E-state index in [9.17, 15) is 0 Å². The van der Waals surface area contributed by atoms with Gasteiger partial charge in [0.1, 0.15) is 0 Å². The molecule has 0 aliphatic carbocycles. The van der Waals surface area contributed by atoms with Crippen molar-refractivity contribution in [3.05, 3.63) is 8.57 Å². The first-order chi connectivity index (χ1) is 4.31. The van der Waals surface area contributed by atoms with Crippen molar-refractivity contribution >= 4 is 38.5 Å². The normalized spacial score (nSPS) is 11.0. The number of allylic oxidation sites excluding steroid dienone is 1. The second kappa shape index (κ2) is 6.56. The fourth-order valence-electron chi connectivity index (χ4n) is 0.391. The fourth-order valence-corrected chi connectivity index (χ4v) is 1.00. The number of unbranched alkanes of at least 4 members (excludes halogenated alkanes) is 1. The summed E-state index contributed by atoms with van der Waals surface area (Å²) in [6, 6.07) is 2.10. The molecule has 0 bridgehead atoms. The maximum Gasteiger partial charge on any atom is 0.0621 e. The van der Waals surface area contributed by atoms with Gasteiger partial charge in [0.05, 0.1) is 6.07 Å². The average molecular weight is 300 g/mol. The maximum atomic E-state index is 8.17. The monoisotopic (exact) mass is 299 g/mol. The lowest BCUT2D eigenvalue weighted by atomic mass is 10.2. The molecule has 9 heavy (non-hydrogen) atoms. The predicted molar refractivity (Wildman–Crippen MR) is 50.5 cm³/mol. The summed E-state index contributed by atoms with van der Waals surface area (Å²) in [6.45, 7) is 0. The highest BCUT2D eigenvalue weighted by molar-refractivity contribution is 14.1. The molecule has 0 atom stereocenters. The molecule has 0 fully saturated rings. The van der Waals surface area contributed by atoms with E-state index in [0.29, 0.717) is 6.42 Å². The van der Waals surface area contributed by atoms with Gasteiger partial charge in [0, 0.05) is 6.42 Å². The predicted octanol–water partition coefficient (Wildman–Crippen LogP) is 3.35. The van der Waals surface area contributed by atoms with E-state index < -0.39 is 0 Å². The topological polar surface area (TPSA) is 23.8 Å². The van der Waals surface area contributed by atoms with Gasteiger partial charge in [0.25, 0.3) is 0 Å². The minimum atomic E-state index is 0.660. The van der Waals surface area contributed by atoms with Gasteiger partial charge < -0.3 is 0 Å². The van der Waals surface area contributed by atoms with E-state index in [-0.39, 0.29) is 0 Å². The van der Waals surface area contributed by atoms with Crippen LogP contribution in [-0.2, 0) is 0 Å². The van der Waals surface area contributed by atoms with E-state index >= 15 is 0 Å². The van der Waals surface area contributed by atoms with Crippen LogP contribution in [0.1, 0.15) is 19.3 Å². The van der Waals surface area contributed by atoms with Gasteiger partial charge in [-0.3, -0.25) is 0 Å². The molecule has 1 nitrogen and oxygen atoms in total. The van der Waals surface area contributed by atoms with Gasteiger partial charge in [-0.1, -0.05) is 15.9 Å². The summed E-state index contributed by atoms with van der Waals surface area (Å²) in [5.41, 5.74) is 0. The highest BCUT2D eigenvalue weighted by Crippen LogP contribution is 2.15. The lowest BCUT2D eigenvalue weighted by Crippen LogP contribution is -1.71. The molecular weight excluding hydrogens is 293 g/mol. The van der Waals surface area contributed by atoms with Crippen LogP contribution in [0.15, 0.2) is 8.57 Å². The molecule has 0 unspecified atom stereocenters. The molecule has 0 amide bonds. The first-order valence-corrected chi connectivity index (χ1v) is 4.62. The molecule has 0 aromatic rings. The Labute approximate surface area is 77.4 Å². The first-order valence-electron chi connectivity index (χ1n) is 2.63. The van der Waals surface area contributed by atoms with Crippen LogP contribution in [0, 0.1) is 11.3 Å². The SMILES string of the molecule is N#CCCC/C(I)=C/Br. The van der Waals surface area contributed by atoms with Crippen LogP contribution < -0.4 is 0 Å². The zero-order chi connectivity index (χ0) is 7.11. The number of nitrogens with zero attached hydrogens (tertiary/aromatic N) is 1. The van der Waals surface area contributed by atoms with Crippen molar-refractivity contribution in [3.8, 4) is 6.07 Å². The molecule has 50 valence electrons. The fraction of sp³-hybridized carbons (Fsp3) is 0.500. The zero-order valence-corrected chi connectivity index (χ0v) is 8.65. The second-order valence-electron chi connectivity index (χ2n) is 1.57. The van der Waals surface area contributed by atoms with E-state index in [2.05, 4.69) is 44.6 Å². The standard InChI is InChI=1S/C6H7BrIN/c7-5-6(8)3-1-2-4-9/h5H,1-3H2/b6-5-. The zero-order valence-electron chi connectivity index (χ0n) is 4.90. The summed E-state index contributed by atoms with van der Waals surface area (Å²) in [5, 5.41) is 8.17. The van der Waals surface area contributed by atoms with Gasteiger partial charge in [-0.15, -0.1) is 0 Å². The molecule has 0 heterocycles. The molecule has 0 rings (SSSR count). The summed E-state index contributed by atoms with van der Waals surface area (Å²) in [6.07, 6.45) is 2.64. The van der Waals surface area contributed by atoms with E-state index in [0.717, 1.165) is 12.8 Å². The van der Waals surface area contributed by atoms with Crippen LogP contribution in [0.2, 0.25) is 0 Å². The Hall–Kier alpha value is 0.440. The third-order valence-corrected chi connectivity index (χ3v) is 3.08. The van der Waals surface area contributed by atoms with Crippen LogP contribution >= 0.6 is 38.5 Å². The molecular formula is C6H7BrIN. The van der Waals surface area contributed by atoms with Crippen molar-refractivity contribution in [3.63, 3.8) is 0 Å². The first kappa shape index (κ1) is 9.44. The summed E-state index contributed by atoms with van der Waals surface area (Å²) < 4.78 is 1.27. The van der Waals surface area contributed by atoms with Gasteiger partial charge >= 0.3 is 0 Å². The third kappa shape index (κ3) is 6.32. The maximum absolute atomic E-state index is 8.17. The Morgan fingerprint density at radius 3 is 2.89 bits per heavy atom. The number of hydrogen-bond acceptors (Lipinski definition) is 1. The molecule has 0 spiro atoms. The molecule has 0 saturated heterocycles. The summed E-state index contributed by atoms with van der Waals surface area (Å²) in [5.74, 6) is 0. The Morgan fingerprint density at radius 2 is 2.44 bits per heavy atom. The van der Waals surface area contributed by atoms with E-state index in [1.165, 1.54) is 3.58 Å². The number of halogens is 2. The van der Waals surface area contributed by atoms with Crippen LogP contribution in [0.3, 0.4) is 0 Å². The van der Waals surface area contributed by atoms with Gasteiger partial charge in [0.2, 0.25) is 0 Å². The molecule has 0 N–H and O–H groups in total. The van der Waals surface area contributed by atoms with Crippen molar-refractivity contribution in [1.29, 1.82) is 5.26 Å². The molecule has 0 radical (unpaired) electrons. The number of nitriles is 1. The smallest absolute Gasteiger partial charge is 0.0621 e. The van der Waals surface area contributed by atoms with Gasteiger partial charge in [-0.2, -0.15) is 5.26 Å². The van der Waals surface area contributed by atoms with Crippen LogP contribution in [-0.4, -0.2) is 0 Å². The molecule has 0 saturated carbocycles. The molecule has 3 heteroatoms. The lowest BCUT2D eigenvalue weighted by molar-refractivity contribution is 0.874. The Bertz CT molecular complexity index is 136. The van der Waals surface area contributed by atoms with E-state index in [1.807, 2.05) is 4.99 Å². The number of hydrogen-bond donors (Lipinski definition) is 0. The molecule has 0 aromatic heterocycles. The minimum Gasteiger partial charge on any atom is -0.198 e. The van der Waals surface area contributed by atoms with E-state index in [1.54, 1.807) is 0 Å². The largest absolute Gasteiger partial charge is 0.198 e. The molecule has 0 aliphatic heterocycles. The highest BCUT2D eigenvalue weighted by Gasteiger charge is 1.88. The van der Waals surface area contributed by atoms with Gasteiger partial charge in [-0.05, 0) is 44.0 Å². The molecule has 0 aliphatic rings. The lowest BCUT2D eigenvalue weighted by Gasteiger charge is -1.90. The van der Waals surface area contributed by atoms with Gasteiger partial charge in [-0.25, -0.2) is 0 Å². The van der Waals surface area contributed by atoms with Crippen LogP contribution in [0.5, 0.6) is 0 Å². The van der Waals surface area contributed by atoms with Gasteiger partial charge in [0.15, 0.2) is 0 Å². The van der Waals surface area contributed by atoms with Crippen molar-refractivity contribution in [1.82, 2.24) is 0 Å². The van der Waals surface area contributed by atoms with E-state index in [4.69, 9.17) is 5.26 Å². The van der Waals surface area contributed by atoms with Crippen molar-refractivity contribution in [2.45, 2.75) is 19.3 Å². The van der Waals surface area contributed by atoms with Crippen LogP contribution in [0.25, 0.3) is 0 Å². The second-order valence-corrected chi connectivity index (χ2v) is 3.41. The average Bonchev–Trinajstić information content (AvgIpc) is 1.89. The van der Waals surface area contributed by atoms with Crippen LogP contribution in [0.4, 0.5) is 0 Å². The molecule has 0 aromatic carbocycles. The summed E-state index contributed by atoms with van der Waals surface area (Å²) in [4.78, 5) is 1.89. The van der Waals surface area contributed by atoms with Crippen molar-refractivity contribution < 1.29 is 0 Å². The third-order valence-electron chi connectivity index (χ3n) is 0.823. The highest BCUT2D eigenvalue weighted by atomic mass is 127. The Kier molecular flexibility index (Phi) is 6.88. The van der Waals surface area contributed by atoms with Crippen molar-refractivity contribution in [2.24, 2.45) is 0 Å². The minimum absolute atomic E-state index is 0.660.